The standard InChI is InChI=1S/C58H59N/c1-34-13-18-43(27-38(34)5)52(44-19-14-35(2)39(6)28-44)31-42-17-23-48-50-25-26-51-49-24-22-47(33-54(49)58(11,12)56(51)55(50)57(9,10)53(48)32-42)59(45-20-15-36(3)40(7)29-45)46-21-16-37(4)41(8)30-46/h13-30,32-33,52H,31H2,1-12H3. The van der Waals surface area contributed by atoms with Crippen LogP contribution >= 0.6 is 0 Å². The first kappa shape index (κ1) is 38.8. The van der Waals surface area contributed by atoms with Gasteiger partial charge in [0.05, 0.1) is 0 Å². The van der Waals surface area contributed by atoms with Crippen LogP contribution in [0.4, 0.5) is 17.1 Å². The van der Waals surface area contributed by atoms with E-state index in [1.54, 1.807) is 0 Å². The van der Waals surface area contributed by atoms with Crippen molar-refractivity contribution in [3.8, 4) is 22.3 Å². The zero-order chi connectivity index (χ0) is 41.7. The summed E-state index contributed by atoms with van der Waals surface area (Å²) in [7, 11) is 0. The van der Waals surface area contributed by atoms with Gasteiger partial charge < -0.3 is 4.90 Å². The first-order chi connectivity index (χ1) is 28.0. The van der Waals surface area contributed by atoms with Gasteiger partial charge in [-0.1, -0.05) is 113 Å². The largest absolute Gasteiger partial charge is 0.310 e. The van der Waals surface area contributed by atoms with E-state index < -0.39 is 0 Å². The monoisotopic (exact) mass is 769 g/mol. The maximum Gasteiger partial charge on any atom is 0.0465 e. The van der Waals surface area contributed by atoms with Crippen LogP contribution in [0.3, 0.4) is 0 Å². The smallest absolute Gasteiger partial charge is 0.0465 e. The lowest BCUT2D eigenvalue weighted by Gasteiger charge is -2.32. The minimum atomic E-state index is -0.191. The number of fused-ring (bicyclic) bond motifs is 7. The van der Waals surface area contributed by atoms with Crippen molar-refractivity contribution in [2.75, 3.05) is 4.90 Å². The summed E-state index contributed by atoms with van der Waals surface area (Å²) in [6.07, 6.45) is 0.958. The Labute approximate surface area is 353 Å². The van der Waals surface area contributed by atoms with Gasteiger partial charge in [0.2, 0.25) is 0 Å². The average molecular weight is 770 g/mol. The van der Waals surface area contributed by atoms with Crippen LogP contribution in [0.15, 0.2) is 121 Å². The van der Waals surface area contributed by atoms with E-state index in [4.69, 9.17) is 0 Å². The molecule has 59 heavy (non-hydrogen) atoms. The molecule has 0 fully saturated rings. The molecule has 0 aromatic heterocycles. The summed E-state index contributed by atoms with van der Waals surface area (Å²) in [5.41, 5.74) is 29.4. The fourth-order valence-electron chi connectivity index (χ4n) is 10.3. The topological polar surface area (TPSA) is 3.24 Å². The molecule has 0 N–H and O–H groups in total. The van der Waals surface area contributed by atoms with Gasteiger partial charge in [0.15, 0.2) is 0 Å². The lowest BCUT2D eigenvalue weighted by molar-refractivity contribution is 0.600. The van der Waals surface area contributed by atoms with E-state index in [9.17, 15) is 0 Å². The predicted octanol–water partition coefficient (Wildman–Crippen LogP) is 15.6. The van der Waals surface area contributed by atoms with E-state index in [1.807, 2.05) is 0 Å². The van der Waals surface area contributed by atoms with Crippen LogP contribution < -0.4 is 4.90 Å². The molecule has 0 saturated heterocycles. The Hall–Kier alpha value is -5.66. The lowest BCUT2D eigenvalue weighted by Crippen LogP contribution is -2.24. The molecule has 0 atom stereocenters. The quantitative estimate of drug-likeness (QED) is 0.156. The Balaban J connectivity index is 1.12. The summed E-state index contributed by atoms with van der Waals surface area (Å²) in [6, 6.07) is 47.3. The molecule has 0 amide bonds. The summed E-state index contributed by atoms with van der Waals surface area (Å²) in [5.74, 6) is 0.276. The van der Waals surface area contributed by atoms with Crippen LogP contribution in [0, 0.1) is 55.4 Å². The molecule has 1 nitrogen and oxygen atoms in total. The lowest BCUT2D eigenvalue weighted by atomic mass is 9.72. The van der Waals surface area contributed by atoms with Crippen LogP contribution in [0.1, 0.15) is 117 Å². The van der Waals surface area contributed by atoms with Crippen molar-refractivity contribution in [3.63, 3.8) is 0 Å². The fraction of sp³-hybridized carbons (Fsp3) is 0.276. The van der Waals surface area contributed by atoms with E-state index in [0.29, 0.717) is 0 Å². The molecule has 0 radical (unpaired) electrons. The number of hydrogen-bond donors (Lipinski definition) is 0. The highest BCUT2D eigenvalue weighted by molar-refractivity contribution is 5.92. The van der Waals surface area contributed by atoms with Crippen molar-refractivity contribution in [1.82, 2.24) is 0 Å². The molecule has 0 spiro atoms. The van der Waals surface area contributed by atoms with Crippen LogP contribution in [0.5, 0.6) is 0 Å². The molecule has 0 heterocycles. The normalized spacial score (nSPS) is 14.3. The Bertz CT molecular complexity index is 2740. The van der Waals surface area contributed by atoms with E-state index in [0.717, 1.165) is 6.42 Å². The van der Waals surface area contributed by atoms with Crippen molar-refractivity contribution >= 4 is 17.1 Å². The van der Waals surface area contributed by atoms with Gasteiger partial charge in [0.1, 0.15) is 0 Å². The minimum Gasteiger partial charge on any atom is -0.310 e. The number of anilines is 3. The molecular formula is C58H59N. The highest BCUT2D eigenvalue weighted by Crippen LogP contribution is 2.59. The van der Waals surface area contributed by atoms with Crippen molar-refractivity contribution in [3.05, 3.63) is 205 Å². The van der Waals surface area contributed by atoms with Crippen LogP contribution in [-0.2, 0) is 17.3 Å². The van der Waals surface area contributed by atoms with Crippen molar-refractivity contribution in [2.45, 2.75) is 106 Å². The van der Waals surface area contributed by atoms with Crippen molar-refractivity contribution < 1.29 is 0 Å². The third-order valence-electron chi connectivity index (χ3n) is 14.5. The zero-order valence-corrected chi connectivity index (χ0v) is 37.3. The molecule has 0 saturated carbocycles. The van der Waals surface area contributed by atoms with Gasteiger partial charge in [-0.15, -0.1) is 0 Å². The number of benzene rings is 7. The highest BCUT2D eigenvalue weighted by atomic mass is 15.1. The van der Waals surface area contributed by atoms with E-state index in [2.05, 4.69) is 209 Å². The van der Waals surface area contributed by atoms with E-state index >= 15 is 0 Å². The van der Waals surface area contributed by atoms with Crippen LogP contribution in [-0.4, -0.2) is 0 Å². The maximum atomic E-state index is 2.55. The van der Waals surface area contributed by atoms with Crippen molar-refractivity contribution in [2.24, 2.45) is 0 Å². The molecule has 296 valence electrons. The number of nitrogens with zero attached hydrogens (tertiary/aromatic N) is 1. The summed E-state index contributed by atoms with van der Waals surface area (Å²) >= 11 is 0. The highest BCUT2D eigenvalue weighted by Gasteiger charge is 2.46. The SMILES string of the molecule is Cc1ccc(C(Cc2ccc3c(c2)C(C)(C)c2c-3ccc3c2C(C)(C)c2cc(N(c4ccc(C)c(C)c4)c4ccc(C)c(C)c4)ccc2-3)c2ccc(C)c(C)c2)cc1C. The van der Waals surface area contributed by atoms with Gasteiger partial charge in [0, 0.05) is 33.8 Å². The van der Waals surface area contributed by atoms with Gasteiger partial charge in [-0.3, -0.25) is 0 Å². The average Bonchev–Trinajstić information content (AvgIpc) is 3.57. The number of rotatable bonds is 7. The van der Waals surface area contributed by atoms with Gasteiger partial charge >= 0.3 is 0 Å². The fourth-order valence-corrected chi connectivity index (χ4v) is 10.3. The third kappa shape index (κ3) is 6.28. The summed E-state index contributed by atoms with van der Waals surface area (Å²) in [6.45, 7) is 27.6. The molecule has 1 heteroatoms. The molecule has 0 bridgehead atoms. The Morgan fingerprint density at radius 1 is 0.373 bits per heavy atom. The number of aryl methyl sites for hydroxylation is 8. The molecule has 7 aromatic carbocycles. The van der Waals surface area contributed by atoms with Gasteiger partial charge in [0.25, 0.3) is 0 Å². The van der Waals surface area contributed by atoms with Gasteiger partial charge in [-0.2, -0.15) is 0 Å². The summed E-state index contributed by atoms with van der Waals surface area (Å²) < 4.78 is 0. The minimum absolute atomic E-state index is 0.157. The Kier molecular flexibility index (Phi) is 9.20. The Morgan fingerprint density at radius 2 is 0.746 bits per heavy atom. The second kappa shape index (κ2) is 14.0. The molecular weight excluding hydrogens is 711 g/mol. The molecule has 9 rings (SSSR count). The Morgan fingerprint density at radius 3 is 1.20 bits per heavy atom. The second-order valence-corrected chi connectivity index (χ2v) is 19.1. The zero-order valence-electron chi connectivity index (χ0n) is 37.3. The van der Waals surface area contributed by atoms with E-state index in [1.165, 1.54) is 123 Å². The van der Waals surface area contributed by atoms with Gasteiger partial charge in [-0.25, -0.2) is 0 Å². The number of hydrogen-bond acceptors (Lipinski definition) is 1. The predicted molar refractivity (Wildman–Crippen MR) is 253 cm³/mol. The first-order valence-electron chi connectivity index (χ1n) is 21.6. The summed E-state index contributed by atoms with van der Waals surface area (Å²) in [5, 5.41) is 0. The maximum absolute atomic E-state index is 2.55. The van der Waals surface area contributed by atoms with E-state index in [-0.39, 0.29) is 16.7 Å². The van der Waals surface area contributed by atoms with Crippen LogP contribution in [0.2, 0.25) is 0 Å². The van der Waals surface area contributed by atoms with Gasteiger partial charge in [-0.05, 0) is 204 Å². The first-order valence-corrected chi connectivity index (χ1v) is 21.6. The molecule has 0 aliphatic heterocycles. The van der Waals surface area contributed by atoms with Crippen molar-refractivity contribution in [1.29, 1.82) is 0 Å². The third-order valence-corrected chi connectivity index (χ3v) is 14.5. The summed E-state index contributed by atoms with van der Waals surface area (Å²) in [4.78, 5) is 2.45. The second-order valence-electron chi connectivity index (χ2n) is 19.1. The molecule has 2 aliphatic carbocycles. The molecule has 2 aliphatic rings. The van der Waals surface area contributed by atoms with Crippen LogP contribution in [0.25, 0.3) is 22.3 Å². The molecule has 7 aromatic rings. The molecule has 0 unspecified atom stereocenters.